The summed E-state index contributed by atoms with van der Waals surface area (Å²) in [6.45, 7) is 5.23. The number of carbonyl (C=O) groups excluding carboxylic acids is 1. The zero-order chi connectivity index (χ0) is 21.7. The predicted molar refractivity (Wildman–Crippen MR) is 116 cm³/mol. The van der Waals surface area contributed by atoms with Crippen molar-refractivity contribution in [3.8, 4) is 17.1 Å². The van der Waals surface area contributed by atoms with Gasteiger partial charge in [0.15, 0.2) is 0 Å². The Kier molecular flexibility index (Phi) is 6.95. The van der Waals surface area contributed by atoms with E-state index >= 15 is 0 Å². The van der Waals surface area contributed by atoms with Crippen LogP contribution in [-0.2, 0) is 4.74 Å². The average Bonchev–Trinajstić information content (AvgIpc) is 3.09. The second-order valence-electron chi connectivity index (χ2n) is 7.18. The second kappa shape index (κ2) is 9.63. The van der Waals surface area contributed by atoms with Gasteiger partial charge in [-0.3, -0.25) is 4.79 Å². The largest absolute Gasteiger partial charge is 0.489 e. The van der Waals surface area contributed by atoms with E-state index in [0.717, 1.165) is 12.1 Å². The SMILES string of the molecule is CNC(=O)c1c(-c2ccc(F)cc2)oc2cc(NCCCOC)c(OC(C)C)cc12. The van der Waals surface area contributed by atoms with Crippen LogP contribution in [0.1, 0.15) is 30.6 Å². The summed E-state index contributed by atoms with van der Waals surface area (Å²) in [6, 6.07) is 9.51. The van der Waals surface area contributed by atoms with Crippen LogP contribution in [0, 0.1) is 5.82 Å². The van der Waals surface area contributed by atoms with E-state index in [9.17, 15) is 9.18 Å². The minimum atomic E-state index is -0.355. The highest BCUT2D eigenvalue weighted by molar-refractivity contribution is 6.12. The molecule has 0 radical (unpaired) electrons. The first-order valence-electron chi connectivity index (χ1n) is 9.92. The number of anilines is 1. The number of fused-ring (bicyclic) bond motifs is 1. The fourth-order valence-corrected chi connectivity index (χ4v) is 3.21. The maximum atomic E-state index is 13.4. The Morgan fingerprint density at radius 3 is 2.57 bits per heavy atom. The van der Waals surface area contributed by atoms with Gasteiger partial charge in [-0.15, -0.1) is 0 Å². The lowest BCUT2D eigenvalue weighted by Crippen LogP contribution is -2.18. The van der Waals surface area contributed by atoms with Gasteiger partial charge in [-0.05, 0) is 50.6 Å². The van der Waals surface area contributed by atoms with Crippen LogP contribution in [0.2, 0.25) is 0 Å². The van der Waals surface area contributed by atoms with Crippen LogP contribution >= 0.6 is 0 Å². The molecule has 160 valence electrons. The third kappa shape index (κ3) is 4.74. The van der Waals surface area contributed by atoms with Gasteiger partial charge in [-0.1, -0.05) is 0 Å². The van der Waals surface area contributed by atoms with E-state index in [-0.39, 0.29) is 17.8 Å². The summed E-state index contributed by atoms with van der Waals surface area (Å²) in [5.74, 6) is 0.374. The zero-order valence-corrected chi connectivity index (χ0v) is 17.7. The maximum Gasteiger partial charge on any atom is 0.255 e. The number of methoxy groups -OCH3 is 1. The second-order valence-corrected chi connectivity index (χ2v) is 7.18. The van der Waals surface area contributed by atoms with Crippen LogP contribution in [0.25, 0.3) is 22.3 Å². The molecule has 0 aliphatic heterocycles. The molecule has 0 saturated heterocycles. The smallest absolute Gasteiger partial charge is 0.255 e. The van der Waals surface area contributed by atoms with Crippen molar-refractivity contribution in [2.24, 2.45) is 0 Å². The van der Waals surface area contributed by atoms with Gasteiger partial charge in [-0.2, -0.15) is 0 Å². The summed E-state index contributed by atoms with van der Waals surface area (Å²) in [4.78, 5) is 12.7. The molecule has 0 bridgehead atoms. The van der Waals surface area contributed by atoms with Crippen LogP contribution in [0.5, 0.6) is 5.75 Å². The number of amides is 1. The molecular formula is C23H27FN2O4. The first kappa shape index (κ1) is 21.6. The topological polar surface area (TPSA) is 72.7 Å². The van der Waals surface area contributed by atoms with Gasteiger partial charge in [0.2, 0.25) is 0 Å². The van der Waals surface area contributed by atoms with Crippen LogP contribution in [0.15, 0.2) is 40.8 Å². The number of furan rings is 1. The van der Waals surface area contributed by atoms with Crippen LogP contribution in [0.3, 0.4) is 0 Å². The molecule has 7 heteroatoms. The molecule has 0 fully saturated rings. The number of ether oxygens (including phenoxy) is 2. The van der Waals surface area contributed by atoms with Crippen LogP contribution < -0.4 is 15.4 Å². The monoisotopic (exact) mass is 414 g/mol. The van der Waals surface area contributed by atoms with Crippen molar-refractivity contribution in [3.05, 3.63) is 47.8 Å². The van der Waals surface area contributed by atoms with E-state index in [1.807, 2.05) is 26.0 Å². The van der Waals surface area contributed by atoms with Crippen molar-refractivity contribution in [3.63, 3.8) is 0 Å². The Morgan fingerprint density at radius 1 is 1.20 bits per heavy atom. The number of benzene rings is 2. The lowest BCUT2D eigenvalue weighted by atomic mass is 10.0. The minimum absolute atomic E-state index is 0.0473. The average molecular weight is 414 g/mol. The number of carbonyl (C=O) groups is 1. The van der Waals surface area contributed by atoms with E-state index in [2.05, 4.69) is 10.6 Å². The highest BCUT2D eigenvalue weighted by atomic mass is 19.1. The Labute approximate surface area is 175 Å². The van der Waals surface area contributed by atoms with Gasteiger partial charge >= 0.3 is 0 Å². The molecule has 3 aromatic rings. The van der Waals surface area contributed by atoms with Crippen molar-refractivity contribution in [1.29, 1.82) is 0 Å². The van der Waals surface area contributed by atoms with Gasteiger partial charge in [0, 0.05) is 44.3 Å². The van der Waals surface area contributed by atoms with E-state index in [4.69, 9.17) is 13.9 Å². The summed E-state index contributed by atoms with van der Waals surface area (Å²) in [5.41, 5.74) is 2.32. The Morgan fingerprint density at radius 2 is 1.93 bits per heavy atom. The molecule has 30 heavy (non-hydrogen) atoms. The molecular weight excluding hydrogens is 387 g/mol. The first-order chi connectivity index (χ1) is 14.4. The van der Waals surface area contributed by atoms with E-state index in [1.165, 1.54) is 12.1 Å². The van der Waals surface area contributed by atoms with Gasteiger partial charge in [0.1, 0.15) is 22.9 Å². The standard InChI is InChI=1S/C23H27FN2O4/c1-14(2)29-20-12-17-19(13-18(20)26-10-5-11-28-4)30-22(21(17)23(27)25-3)15-6-8-16(24)9-7-15/h6-9,12-14,26H,5,10-11H2,1-4H3,(H,25,27). The maximum absolute atomic E-state index is 13.4. The lowest BCUT2D eigenvalue weighted by Gasteiger charge is -2.16. The molecule has 0 spiro atoms. The fourth-order valence-electron chi connectivity index (χ4n) is 3.21. The molecule has 2 N–H and O–H groups in total. The molecule has 0 aliphatic carbocycles. The summed E-state index contributed by atoms with van der Waals surface area (Å²) in [6.07, 6.45) is 0.784. The minimum Gasteiger partial charge on any atom is -0.489 e. The van der Waals surface area contributed by atoms with Crippen molar-refractivity contribution in [2.75, 3.05) is 32.6 Å². The molecule has 1 aromatic heterocycles. The molecule has 2 aromatic carbocycles. The zero-order valence-electron chi connectivity index (χ0n) is 17.7. The highest BCUT2D eigenvalue weighted by Gasteiger charge is 2.23. The molecule has 0 unspecified atom stereocenters. The van der Waals surface area contributed by atoms with E-state index in [0.29, 0.717) is 46.8 Å². The number of hydrogen-bond acceptors (Lipinski definition) is 5. The fraction of sp³-hybridized carbons (Fsp3) is 0.348. The molecule has 6 nitrogen and oxygen atoms in total. The quantitative estimate of drug-likeness (QED) is 0.491. The lowest BCUT2D eigenvalue weighted by molar-refractivity contribution is 0.0964. The van der Waals surface area contributed by atoms with Gasteiger partial charge in [-0.25, -0.2) is 4.39 Å². The van der Waals surface area contributed by atoms with Gasteiger partial charge in [0.05, 0.1) is 17.4 Å². The summed E-state index contributed by atoms with van der Waals surface area (Å²) in [5, 5.41) is 6.64. The van der Waals surface area contributed by atoms with Gasteiger partial charge < -0.3 is 24.5 Å². The third-order valence-electron chi connectivity index (χ3n) is 4.55. The third-order valence-corrected chi connectivity index (χ3v) is 4.55. The molecule has 3 rings (SSSR count). The summed E-state index contributed by atoms with van der Waals surface area (Å²) < 4.78 is 30.6. The Bertz CT molecular complexity index is 1010. The van der Waals surface area contributed by atoms with Crippen molar-refractivity contribution < 1.29 is 23.1 Å². The molecule has 0 atom stereocenters. The number of halogens is 1. The molecule has 0 aliphatic rings. The van der Waals surface area contributed by atoms with Crippen LogP contribution in [0.4, 0.5) is 10.1 Å². The Balaban J connectivity index is 2.13. The van der Waals surface area contributed by atoms with Crippen LogP contribution in [-0.4, -0.2) is 39.3 Å². The van der Waals surface area contributed by atoms with Crippen molar-refractivity contribution in [2.45, 2.75) is 26.4 Å². The molecule has 1 amide bonds. The molecule has 0 saturated carbocycles. The van der Waals surface area contributed by atoms with Crippen molar-refractivity contribution in [1.82, 2.24) is 5.32 Å². The number of nitrogens with one attached hydrogen (secondary N) is 2. The first-order valence-corrected chi connectivity index (χ1v) is 9.92. The highest BCUT2D eigenvalue weighted by Crippen LogP contribution is 2.39. The van der Waals surface area contributed by atoms with Gasteiger partial charge in [0.25, 0.3) is 5.91 Å². The summed E-state index contributed by atoms with van der Waals surface area (Å²) >= 11 is 0. The normalized spacial score (nSPS) is 11.1. The van der Waals surface area contributed by atoms with E-state index < -0.39 is 0 Å². The number of rotatable bonds is 9. The molecule has 1 heterocycles. The predicted octanol–water partition coefficient (Wildman–Crippen LogP) is 4.83. The summed E-state index contributed by atoms with van der Waals surface area (Å²) in [7, 11) is 3.23. The van der Waals surface area contributed by atoms with E-state index in [1.54, 1.807) is 26.3 Å². The van der Waals surface area contributed by atoms with Crippen molar-refractivity contribution >= 4 is 22.6 Å². The Hall–Kier alpha value is -3.06. The number of hydrogen-bond donors (Lipinski definition) is 2.